The highest BCUT2D eigenvalue weighted by molar-refractivity contribution is 7.80. The number of aromatic nitrogens is 2. The molecule has 2 unspecified atom stereocenters. The minimum Gasteiger partial charge on any atom is -0.295 e. The van der Waals surface area contributed by atoms with Crippen LogP contribution in [0.4, 0.5) is 0 Å². The first kappa shape index (κ1) is 25.6. The fraction of sp³-hybridized carbons (Fsp3) is 0.290. The van der Waals surface area contributed by atoms with Gasteiger partial charge in [-0.2, -0.15) is 12.6 Å². The molecule has 1 fully saturated rings. The largest absolute Gasteiger partial charge is 0.295 e. The Morgan fingerprint density at radius 3 is 2.73 bits per heavy atom. The number of fused-ring (bicyclic) bond motifs is 2. The van der Waals surface area contributed by atoms with Gasteiger partial charge >= 0.3 is 0 Å². The molecule has 0 bridgehead atoms. The number of amides is 2. The zero-order valence-corrected chi connectivity index (χ0v) is 23.6. The van der Waals surface area contributed by atoms with E-state index in [1.165, 1.54) is 27.8 Å². The second-order valence-corrected chi connectivity index (χ2v) is 12.0. The first-order valence-corrected chi connectivity index (χ1v) is 15.0. The Labute approximate surface area is 242 Å². The number of carbonyl (C=O) groups excluding carboxylic acids is 2. The van der Waals surface area contributed by atoms with Gasteiger partial charge in [-0.05, 0) is 40.7 Å². The van der Waals surface area contributed by atoms with Crippen LogP contribution in [0.3, 0.4) is 0 Å². The molecule has 2 aromatic heterocycles. The number of hydrogen-bond donors (Lipinski definition) is 2. The molecule has 7 rings (SSSR count). The number of nitrogens with zero attached hydrogens (tertiary/aromatic N) is 4. The van der Waals surface area contributed by atoms with Gasteiger partial charge in [-0.3, -0.25) is 24.7 Å². The number of rotatable bonds is 5. The van der Waals surface area contributed by atoms with Gasteiger partial charge in [0.25, 0.3) is 0 Å². The lowest BCUT2D eigenvalue weighted by atomic mass is 9.97. The van der Waals surface area contributed by atoms with Crippen molar-refractivity contribution in [1.29, 1.82) is 0 Å². The molecular weight excluding hydrogens is 539 g/mol. The first-order chi connectivity index (χ1) is 19.6. The van der Waals surface area contributed by atoms with Crippen LogP contribution in [0, 0.1) is 0 Å². The highest BCUT2D eigenvalue weighted by Gasteiger charge is 2.39. The van der Waals surface area contributed by atoms with Crippen LogP contribution in [0.5, 0.6) is 0 Å². The van der Waals surface area contributed by atoms with E-state index in [2.05, 4.69) is 74.0 Å². The van der Waals surface area contributed by atoms with Gasteiger partial charge in [0.1, 0.15) is 11.2 Å². The fourth-order valence-corrected chi connectivity index (χ4v) is 7.62. The molecule has 5 heterocycles. The van der Waals surface area contributed by atoms with Crippen molar-refractivity contribution in [3.8, 4) is 11.1 Å². The number of nitrogens with one attached hydrogen (secondary N) is 1. The maximum Gasteiger partial charge on any atom is 0.243 e. The molecule has 40 heavy (non-hydrogen) atoms. The molecule has 0 spiro atoms. The summed E-state index contributed by atoms with van der Waals surface area (Å²) in [5.41, 5.74) is 8.39. The van der Waals surface area contributed by atoms with Crippen LogP contribution in [0.25, 0.3) is 26.9 Å². The average Bonchev–Trinajstić information content (AvgIpc) is 3.56. The molecule has 3 aliphatic heterocycles. The van der Waals surface area contributed by atoms with Crippen molar-refractivity contribution in [3.63, 3.8) is 0 Å². The lowest BCUT2D eigenvalue weighted by Gasteiger charge is -2.32. The van der Waals surface area contributed by atoms with Crippen LogP contribution in [-0.4, -0.2) is 50.7 Å². The number of hydrogen-bond acceptors (Lipinski definition) is 8. The van der Waals surface area contributed by atoms with Crippen molar-refractivity contribution in [1.82, 2.24) is 25.1 Å². The van der Waals surface area contributed by atoms with Crippen LogP contribution in [0.15, 0.2) is 66.3 Å². The summed E-state index contributed by atoms with van der Waals surface area (Å²) in [6.07, 6.45) is 5.83. The summed E-state index contributed by atoms with van der Waals surface area (Å²) in [7, 11) is 0. The van der Waals surface area contributed by atoms with E-state index in [4.69, 9.17) is 17.6 Å². The zero-order chi connectivity index (χ0) is 27.2. The summed E-state index contributed by atoms with van der Waals surface area (Å²) in [6, 6.07) is 16.5. The topological polar surface area (TPSA) is 78.4 Å². The monoisotopic (exact) mass is 567 g/mol. The van der Waals surface area contributed by atoms with Crippen molar-refractivity contribution in [2.75, 3.05) is 13.1 Å². The summed E-state index contributed by atoms with van der Waals surface area (Å²) >= 11 is 6.56. The van der Waals surface area contributed by atoms with Crippen LogP contribution in [0.2, 0.25) is 0 Å². The minimum absolute atomic E-state index is 0.156. The lowest BCUT2D eigenvalue weighted by molar-refractivity contribution is -0.137. The molecule has 9 heteroatoms. The van der Waals surface area contributed by atoms with Gasteiger partial charge in [0.05, 0.1) is 17.1 Å². The number of benzene rings is 2. The summed E-state index contributed by atoms with van der Waals surface area (Å²) in [6.45, 7) is 3.28. The normalized spacial score (nSPS) is 21.9. The Bertz CT molecular complexity index is 1650. The van der Waals surface area contributed by atoms with Crippen LogP contribution in [0.1, 0.15) is 47.0 Å². The van der Waals surface area contributed by atoms with Gasteiger partial charge in [-0.1, -0.05) is 54.6 Å². The molecule has 3 aliphatic rings. The van der Waals surface area contributed by atoms with E-state index in [9.17, 15) is 9.59 Å². The van der Waals surface area contributed by atoms with E-state index in [1.54, 1.807) is 17.7 Å². The van der Waals surface area contributed by atoms with Crippen molar-refractivity contribution >= 4 is 51.6 Å². The van der Waals surface area contributed by atoms with E-state index in [0.717, 1.165) is 47.5 Å². The highest BCUT2D eigenvalue weighted by Crippen LogP contribution is 2.41. The summed E-state index contributed by atoms with van der Waals surface area (Å²) in [5.74, 6) is -0.400. The Morgan fingerprint density at radius 1 is 1.05 bits per heavy atom. The third kappa shape index (κ3) is 4.56. The molecule has 202 valence electrons. The van der Waals surface area contributed by atoms with Crippen molar-refractivity contribution in [2.45, 2.75) is 43.8 Å². The second kappa shape index (κ2) is 10.6. The van der Waals surface area contributed by atoms with E-state index in [1.807, 2.05) is 6.07 Å². The maximum absolute atomic E-state index is 12.6. The zero-order valence-electron chi connectivity index (χ0n) is 21.9. The van der Waals surface area contributed by atoms with E-state index in [-0.39, 0.29) is 23.2 Å². The second-order valence-electron chi connectivity index (χ2n) is 10.6. The first-order valence-electron chi connectivity index (χ1n) is 13.6. The molecule has 1 N–H and O–H groups in total. The predicted molar refractivity (Wildman–Crippen MR) is 161 cm³/mol. The standard InChI is InChI=1S/C31H29N5O2S2/c37-26-10-9-25(29(38)34-26)36-16-23-21(7-4-8-22(23)31(36)39)15-35-13-11-20(12-14-35)28-27-24(19-5-2-1-3-6-19)17-40-30(27)33-18-32-28/h1-8,11,17-18,25,31,39H,9-10,12-16H2,(H,34,37,38). The molecule has 0 radical (unpaired) electrons. The molecule has 7 nitrogen and oxygen atoms in total. The van der Waals surface area contributed by atoms with Gasteiger partial charge < -0.3 is 0 Å². The number of imide groups is 1. The summed E-state index contributed by atoms with van der Waals surface area (Å²) in [5, 5.41) is 5.68. The van der Waals surface area contributed by atoms with E-state index >= 15 is 0 Å². The Kier molecular flexibility index (Phi) is 6.75. The minimum atomic E-state index is -0.330. The Morgan fingerprint density at radius 2 is 1.93 bits per heavy atom. The Balaban J connectivity index is 1.10. The third-order valence-corrected chi connectivity index (χ3v) is 9.76. The van der Waals surface area contributed by atoms with Crippen molar-refractivity contribution in [3.05, 3.63) is 88.7 Å². The average molecular weight is 568 g/mol. The van der Waals surface area contributed by atoms with Crippen molar-refractivity contribution in [2.24, 2.45) is 0 Å². The lowest BCUT2D eigenvalue weighted by Crippen LogP contribution is -2.51. The molecule has 0 aliphatic carbocycles. The smallest absolute Gasteiger partial charge is 0.243 e. The fourth-order valence-electron chi connectivity index (χ4n) is 6.22. The SMILES string of the molecule is O=C1CCC(N2Cc3c(CN4CC=C(c5ncnc6scc(-c7ccccc7)c56)CC4)cccc3C2S)C(=O)N1. The Hall–Kier alpha value is -3.37. The van der Waals surface area contributed by atoms with Gasteiger partial charge in [0, 0.05) is 48.9 Å². The van der Waals surface area contributed by atoms with Gasteiger partial charge in [-0.25, -0.2) is 9.97 Å². The van der Waals surface area contributed by atoms with Crippen LogP contribution < -0.4 is 5.32 Å². The number of piperidine rings is 1. The van der Waals surface area contributed by atoms with E-state index < -0.39 is 0 Å². The quantitative estimate of drug-likeness (QED) is 0.255. The molecular formula is C31H29N5O2S2. The summed E-state index contributed by atoms with van der Waals surface area (Å²) in [4.78, 5) is 39.2. The molecule has 1 saturated heterocycles. The number of thiol groups is 1. The molecule has 4 aromatic rings. The van der Waals surface area contributed by atoms with E-state index in [0.29, 0.717) is 19.4 Å². The molecule has 2 aromatic carbocycles. The predicted octanol–water partition coefficient (Wildman–Crippen LogP) is 5.20. The van der Waals surface area contributed by atoms with Gasteiger partial charge in [0.15, 0.2) is 0 Å². The van der Waals surface area contributed by atoms with Gasteiger partial charge in [-0.15, -0.1) is 11.3 Å². The van der Waals surface area contributed by atoms with Gasteiger partial charge in [0.2, 0.25) is 11.8 Å². The van der Waals surface area contributed by atoms with Crippen molar-refractivity contribution < 1.29 is 9.59 Å². The third-order valence-electron chi connectivity index (χ3n) is 8.30. The molecule has 2 atom stereocenters. The highest BCUT2D eigenvalue weighted by atomic mass is 32.1. The molecule has 2 amide bonds. The number of thiophene rings is 1. The number of carbonyl (C=O) groups is 2. The van der Waals surface area contributed by atoms with Crippen LogP contribution in [-0.2, 0) is 22.7 Å². The molecule has 0 saturated carbocycles. The van der Waals surface area contributed by atoms with Crippen LogP contribution >= 0.6 is 24.0 Å². The summed E-state index contributed by atoms with van der Waals surface area (Å²) < 4.78 is 0. The maximum atomic E-state index is 12.6.